The molecule has 0 atom stereocenters. The Morgan fingerprint density at radius 2 is 1.58 bits per heavy atom. The van der Waals surface area contributed by atoms with Crippen LogP contribution in [-0.4, -0.2) is 42.0 Å². The number of nitrogens with two attached hydrogens (primary N) is 1. The van der Waals surface area contributed by atoms with Gasteiger partial charge in [-0.1, -0.05) is 12.1 Å². The Morgan fingerprint density at radius 1 is 0.930 bits per heavy atom. The molecule has 0 aromatic heterocycles. The lowest BCUT2D eigenvalue weighted by atomic mass is 9.92. The Morgan fingerprint density at radius 3 is 2.19 bits per heavy atom. The molecule has 0 bridgehead atoms. The molecule has 3 aromatic rings. The number of carbonyl (C=O) groups is 2. The molecule has 0 heterocycles. The van der Waals surface area contributed by atoms with E-state index in [1.165, 1.54) is 30.3 Å². The SMILES string of the molecule is NC(=O)C(=O)N(CCOC1CCC(Nc2ccc([N+](=O)[O-])c(C(F)(F)F)c2)CC1)c1ccc2cc(C(F)(F)F)ccc2c1. The number of nitro groups is 1. The number of carbonyl (C=O) groups excluding carboxylic acids is 2. The molecule has 9 nitrogen and oxygen atoms in total. The van der Waals surface area contributed by atoms with E-state index >= 15 is 0 Å². The number of fused-ring (bicyclic) bond motifs is 1. The lowest BCUT2D eigenvalue weighted by Crippen LogP contribution is -2.42. The van der Waals surface area contributed by atoms with E-state index in [-0.39, 0.29) is 42.1 Å². The molecule has 2 amide bonds. The van der Waals surface area contributed by atoms with Gasteiger partial charge in [0, 0.05) is 30.0 Å². The molecular formula is C28H26F6N4O5. The van der Waals surface area contributed by atoms with Crippen molar-refractivity contribution in [3.8, 4) is 0 Å². The highest BCUT2D eigenvalue weighted by Crippen LogP contribution is 2.38. The highest BCUT2D eigenvalue weighted by atomic mass is 19.4. The van der Waals surface area contributed by atoms with Crippen LogP contribution in [0.3, 0.4) is 0 Å². The number of primary amides is 1. The van der Waals surface area contributed by atoms with Gasteiger partial charge in [0.15, 0.2) is 0 Å². The average Bonchev–Trinajstić information content (AvgIpc) is 2.94. The number of benzene rings is 3. The maximum atomic E-state index is 13.3. The van der Waals surface area contributed by atoms with Gasteiger partial charge in [0.25, 0.3) is 5.69 Å². The number of amides is 2. The summed E-state index contributed by atoms with van der Waals surface area (Å²) >= 11 is 0. The summed E-state index contributed by atoms with van der Waals surface area (Å²) in [7, 11) is 0. The van der Waals surface area contributed by atoms with Gasteiger partial charge in [0.2, 0.25) is 0 Å². The standard InChI is InChI=1S/C28H26F6N4O5/c29-27(30,31)18-3-1-17-14-21(7-2-16(17)13-18)37(26(40)25(35)39)11-12-43-22-8-4-19(5-9-22)36-20-6-10-24(38(41)42)23(15-20)28(32,33)34/h1-3,6-7,10,13-15,19,22,36H,4-5,8-9,11-12H2,(H2,35,39). The number of halogens is 6. The zero-order valence-electron chi connectivity index (χ0n) is 22.4. The van der Waals surface area contributed by atoms with Crippen LogP contribution in [-0.2, 0) is 26.7 Å². The van der Waals surface area contributed by atoms with Gasteiger partial charge in [0.05, 0.1) is 23.2 Å². The van der Waals surface area contributed by atoms with Crippen LogP contribution in [0.1, 0.15) is 36.8 Å². The van der Waals surface area contributed by atoms with Crippen LogP contribution in [0.4, 0.5) is 43.4 Å². The van der Waals surface area contributed by atoms with E-state index in [1.807, 2.05) is 0 Å². The minimum atomic E-state index is -4.89. The molecule has 1 aliphatic rings. The van der Waals surface area contributed by atoms with Crippen LogP contribution in [0.5, 0.6) is 0 Å². The summed E-state index contributed by atoms with van der Waals surface area (Å²) < 4.78 is 84.9. The van der Waals surface area contributed by atoms with Crippen LogP contribution in [0.2, 0.25) is 0 Å². The zero-order valence-corrected chi connectivity index (χ0v) is 22.4. The molecule has 0 aliphatic heterocycles. The summed E-state index contributed by atoms with van der Waals surface area (Å²) in [5, 5.41) is 14.7. The largest absolute Gasteiger partial charge is 0.423 e. The van der Waals surface area contributed by atoms with Gasteiger partial charge in [-0.15, -0.1) is 0 Å². The molecule has 1 aliphatic carbocycles. The summed E-state index contributed by atoms with van der Waals surface area (Å²) in [5.74, 6) is -2.25. The highest BCUT2D eigenvalue weighted by Gasteiger charge is 2.38. The minimum Gasteiger partial charge on any atom is -0.382 e. The van der Waals surface area contributed by atoms with Crippen molar-refractivity contribution in [2.45, 2.75) is 50.2 Å². The molecule has 43 heavy (non-hydrogen) atoms. The fourth-order valence-corrected chi connectivity index (χ4v) is 4.99. The number of hydrogen-bond donors (Lipinski definition) is 2. The number of rotatable bonds is 8. The monoisotopic (exact) mass is 612 g/mol. The predicted molar refractivity (Wildman–Crippen MR) is 144 cm³/mol. The predicted octanol–water partition coefficient (Wildman–Crippen LogP) is 6.04. The Hall–Kier alpha value is -4.40. The number of alkyl halides is 6. The van der Waals surface area contributed by atoms with Crippen molar-refractivity contribution in [2.75, 3.05) is 23.4 Å². The second-order valence-electron chi connectivity index (χ2n) is 10.0. The summed E-state index contributed by atoms with van der Waals surface area (Å²) in [6.07, 6.45) is -7.55. The van der Waals surface area contributed by atoms with Crippen LogP contribution >= 0.6 is 0 Å². The van der Waals surface area contributed by atoms with Gasteiger partial charge in [-0.3, -0.25) is 19.7 Å². The van der Waals surface area contributed by atoms with E-state index in [0.717, 1.165) is 23.1 Å². The van der Waals surface area contributed by atoms with Crippen LogP contribution in [0.25, 0.3) is 10.8 Å². The third-order valence-corrected chi connectivity index (χ3v) is 7.13. The van der Waals surface area contributed by atoms with Gasteiger partial charge in [-0.2, -0.15) is 26.3 Å². The third-order valence-electron chi connectivity index (χ3n) is 7.13. The second kappa shape index (κ2) is 12.5. The van der Waals surface area contributed by atoms with Crippen molar-refractivity contribution in [2.24, 2.45) is 5.73 Å². The van der Waals surface area contributed by atoms with Gasteiger partial charge >= 0.3 is 24.2 Å². The maximum absolute atomic E-state index is 13.3. The Labute approximate surface area is 240 Å². The highest BCUT2D eigenvalue weighted by molar-refractivity contribution is 6.39. The number of nitrogens with one attached hydrogen (secondary N) is 1. The van der Waals surface area contributed by atoms with Crippen molar-refractivity contribution in [3.05, 3.63) is 75.8 Å². The second-order valence-corrected chi connectivity index (χ2v) is 10.0. The number of nitrogens with zero attached hydrogens (tertiary/aromatic N) is 2. The van der Waals surface area contributed by atoms with Crippen LogP contribution < -0.4 is 16.0 Å². The molecule has 3 aromatic carbocycles. The molecule has 1 fully saturated rings. The van der Waals surface area contributed by atoms with Gasteiger partial charge in [-0.05, 0) is 72.9 Å². The number of hydrogen-bond acceptors (Lipinski definition) is 6. The van der Waals surface area contributed by atoms with Crippen molar-refractivity contribution in [1.29, 1.82) is 0 Å². The first-order chi connectivity index (χ1) is 20.1. The fourth-order valence-electron chi connectivity index (χ4n) is 4.99. The van der Waals surface area contributed by atoms with E-state index in [9.17, 15) is 46.0 Å². The molecule has 230 valence electrons. The van der Waals surface area contributed by atoms with Crippen molar-refractivity contribution >= 4 is 39.6 Å². The summed E-state index contributed by atoms with van der Waals surface area (Å²) in [6, 6.07) is 9.98. The van der Waals surface area contributed by atoms with E-state index < -0.39 is 45.9 Å². The first-order valence-corrected chi connectivity index (χ1v) is 13.1. The molecule has 1 saturated carbocycles. The average molecular weight is 613 g/mol. The molecule has 0 unspecified atom stereocenters. The quantitative estimate of drug-likeness (QED) is 0.138. The van der Waals surface area contributed by atoms with Gasteiger partial charge in [-0.25, -0.2) is 0 Å². The number of anilines is 2. The molecule has 0 spiro atoms. The first kappa shape index (κ1) is 31.5. The molecule has 0 saturated heterocycles. The summed E-state index contributed by atoms with van der Waals surface area (Å²) in [4.78, 5) is 35.2. The normalized spacial score (nSPS) is 17.4. The minimum absolute atomic E-state index is 0.00409. The molecule has 15 heteroatoms. The number of nitro benzene ring substituents is 1. The Balaban J connectivity index is 1.35. The Kier molecular flexibility index (Phi) is 9.13. The van der Waals surface area contributed by atoms with Gasteiger partial charge < -0.3 is 20.7 Å². The lowest BCUT2D eigenvalue weighted by molar-refractivity contribution is -0.388. The molecule has 3 N–H and O–H groups in total. The van der Waals surface area contributed by atoms with Gasteiger partial charge in [0.1, 0.15) is 5.56 Å². The van der Waals surface area contributed by atoms with E-state index in [1.54, 1.807) is 0 Å². The number of ether oxygens (including phenoxy) is 1. The van der Waals surface area contributed by atoms with E-state index in [4.69, 9.17) is 10.5 Å². The van der Waals surface area contributed by atoms with Crippen LogP contribution in [0.15, 0.2) is 54.6 Å². The maximum Gasteiger partial charge on any atom is 0.423 e. The van der Waals surface area contributed by atoms with Crippen molar-refractivity contribution < 1.29 is 45.6 Å². The Bertz CT molecular complexity index is 1520. The first-order valence-electron chi connectivity index (χ1n) is 13.1. The third kappa shape index (κ3) is 7.71. The van der Waals surface area contributed by atoms with Crippen molar-refractivity contribution in [3.63, 3.8) is 0 Å². The topological polar surface area (TPSA) is 128 Å². The van der Waals surface area contributed by atoms with Crippen molar-refractivity contribution in [1.82, 2.24) is 0 Å². The van der Waals surface area contributed by atoms with E-state index in [0.29, 0.717) is 37.1 Å². The summed E-state index contributed by atoms with van der Waals surface area (Å²) in [5.41, 5.74) is 2.36. The smallest absolute Gasteiger partial charge is 0.382 e. The molecular weight excluding hydrogens is 586 g/mol. The summed E-state index contributed by atoms with van der Waals surface area (Å²) in [6.45, 7) is -0.0702. The van der Waals surface area contributed by atoms with E-state index in [2.05, 4.69) is 5.32 Å². The lowest BCUT2D eigenvalue weighted by Gasteiger charge is -2.30. The zero-order chi connectivity index (χ0) is 31.5. The van der Waals surface area contributed by atoms with Crippen LogP contribution in [0, 0.1) is 10.1 Å². The molecule has 0 radical (unpaired) electrons. The fraction of sp³-hybridized carbons (Fsp3) is 0.357. The molecule has 4 rings (SSSR count).